The monoisotopic (exact) mass is 510 g/mol. The summed E-state index contributed by atoms with van der Waals surface area (Å²) >= 11 is 5.29. The first-order valence-electron chi connectivity index (χ1n) is 10.8. The number of nitrogens with one attached hydrogen (secondary N) is 2. The molecule has 11 heteroatoms. The first-order valence-corrected chi connectivity index (χ1v) is 11.2. The van der Waals surface area contributed by atoms with Crippen molar-refractivity contribution in [3.8, 4) is 22.8 Å². The van der Waals surface area contributed by atoms with Gasteiger partial charge in [-0.2, -0.15) is 5.10 Å². The largest absolute Gasteiger partial charge is 0.573 e. The molecule has 0 aliphatic carbocycles. The standard InChI is InChI=1S/C25H21F3N6OS/c1-17(19-5-3-2-4-6-19)31-24(36)32-30-15-18-7-9-20(10-8-18)23-29-16-34(33-23)21-11-13-22(14-12-21)35-25(26,27)28/h2-17H,1H3,(H2,31,32,36). The van der Waals surface area contributed by atoms with Gasteiger partial charge in [-0.1, -0.05) is 54.6 Å². The Morgan fingerprint density at radius 1 is 1.03 bits per heavy atom. The molecule has 4 rings (SSSR count). The maximum Gasteiger partial charge on any atom is 0.573 e. The van der Waals surface area contributed by atoms with Crippen LogP contribution in [-0.2, 0) is 0 Å². The topological polar surface area (TPSA) is 76.4 Å². The van der Waals surface area contributed by atoms with E-state index < -0.39 is 6.36 Å². The van der Waals surface area contributed by atoms with Crippen molar-refractivity contribution in [1.29, 1.82) is 0 Å². The van der Waals surface area contributed by atoms with Gasteiger partial charge in [0.1, 0.15) is 12.1 Å². The number of thiocarbonyl (C=S) groups is 1. The Morgan fingerprint density at radius 3 is 2.39 bits per heavy atom. The van der Waals surface area contributed by atoms with Gasteiger partial charge in [0.2, 0.25) is 0 Å². The van der Waals surface area contributed by atoms with Crippen molar-refractivity contribution in [3.63, 3.8) is 0 Å². The van der Waals surface area contributed by atoms with Crippen molar-refractivity contribution in [2.24, 2.45) is 5.10 Å². The van der Waals surface area contributed by atoms with Crippen molar-refractivity contribution < 1.29 is 17.9 Å². The second kappa shape index (κ2) is 11.0. The van der Waals surface area contributed by atoms with E-state index in [1.54, 1.807) is 6.21 Å². The average Bonchev–Trinajstić information content (AvgIpc) is 3.35. The molecular formula is C25H21F3N6OS. The number of hydrazone groups is 1. The summed E-state index contributed by atoms with van der Waals surface area (Å²) in [5.41, 5.74) is 6.07. The number of benzene rings is 3. The summed E-state index contributed by atoms with van der Waals surface area (Å²) in [6.07, 6.45) is -1.61. The summed E-state index contributed by atoms with van der Waals surface area (Å²) in [5, 5.41) is 12.1. The summed E-state index contributed by atoms with van der Waals surface area (Å²) < 4.78 is 42.3. The van der Waals surface area contributed by atoms with E-state index in [2.05, 4.69) is 30.7 Å². The van der Waals surface area contributed by atoms with Gasteiger partial charge < -0.3 is 10.1 Å². The lowest BCUT2D eigenvalue weighted by molar-refractivity contribution is -0.274. The molecular weight excluding hydrogens is 489 g/mol. The van der Waals surface area contributed by atoms with E-state index in [9.17, 15) is 13.2 Å². The minimum absolute atomic E-state index is 0.0409. The number of halogens is 3. The van der Waals surface area contributed by atoms with Gasteiger partial charge in [-0.25, -0.2) is 9.67 Å². The van der Waals surface area contributed by atoms with Crippen molar-refractivity contribution in [3.05, 3.63) is 96.3 Å². The van der Waals surface area contributed by atoms with Crippen LogP contribution in [0.3, 0.4) is 0 Å². The van der Waals surface area contributed by atoms with Gasteiger partial charge in [0.25, 0.3) is 0 Å². The molecule has 0 saturated carbocycles. The maximum absolute atomic E-state index is 12.3. The van der Waals surface area contributed by atoms with Gasteiger partial charge in [0, 0.05) is 5.56 Å². The molecule has 1 heterocycles. The molecule has 1 aromatic heterocycles. The predicted molar refractivity (Wildman–Crippen MR) is 135 cm³/mol. The lowest BCUT2D eigenvalue weighted by Crippen LogP contribution is -2.34. The van der Waals surface area contributed by atoms with Crippen LogP contribution in [0.2, 0.25) is 0 Å². The van der Waals surface area contributed by atoms with Crippen molar-refractivity contribution in [1.82, 2.24) is 25.5 Å². The summed E-state index contributed by atoms with van der Waals surface area (Å²) in [5.74, 6) is 0.160. The molecule has 0 aliphatic rings. The maximum atomic E-state index is 12.3. The van der Waals surface area contributed by atoms with E-state index in [0.717, 1.165) is 16.7 Å². The third-order valence-corrected chi connectivity index (χ3v) is 5.23. The molecule has 184 valence electrons. The molecule has 1 unspecified atom stereocenters. The molecule has 0 spiro atoms. The van der Waals surface area contributed by atoms with Crippen molar-refractivity contribution >= 4 is 23.5 Å². The van der Waals surface area contributed by atoms with Crippen LogP contribution in [0.5, 0.6) is 5.75 Å². The van der Waals surface area contributed by atoms with E-state index in [0.29, 0.717) is 16.6 Å². The molecule has 2 N–H and O–H groups in total. The highest BCUT2D eigenvalue weighted by molar-refractivity contribution is 7.80. The third-order valence-electron chi connectivity index (χ3n) is 5.02. The Kier molecular flexibility index (Phi) is 7.59. The van der Waals surface area contributed by atoms with Gasteiger partial charge in [0.05, 0.1) is 17.9 Å². The molecule has 0 radical (unpaired) electrons. The second-order valence-electron chi connectivity index (χ2n) is 7.65. The summed E-state index contributed by atoms with van der Waals surface area (Å²) in [4.78, 5) is 4.28. The zero-order valence-electron chi connectivity index (χ0n) is 19.0. The molecule has 0 aliphatic heterocycles. The lowest BCUT2D eigenvalue weighted by Gasteiger charge is -2.15. The Morgan fingerprint density at radius 2 is 1.72 bits per heavy atom. The van der Waals surface area contributed by atoms with Crippen molar-refractivity contribution in [2.75, 3.05) is 0 Å². The molecule has 0 bridgehead atoms. The first-order chi connectivity index (χ1) is 17.3. The molecule has 0 saturated heterocycles. The van der Waals surface area contributed by atoms with Crippen LogP contribution >= 0.6 is 12.2 Å². The van der Waals surface area contributed by atoms with E-state index in [4.69, 9.17) is 12.2 Å². The van der Waals surface area contributed by atoms with E-state index in [1.807, 2.05) is 61.5 Å². The molecule has 0 amide bonds. The second-order valence-corrected chi connectivity index (χ2v) is 8.06. The molecule has 3 aromatic carbocycles. The van der Waals surface area contributed by atoms with E-state index >= 15 is 0 Å². The van der Waals surface area contributed by atoms with Crippen LogP contribution in [0.15, 0.2) is 90.3 Å². The van der Waals surface area contributed by atoms with Gasteiger partial charge in [-0.3, -0.25) is 5.43 Å². The number of alkyl halides is 3. The Balaban J connectivity index is 1.32. The summed E-state index contributed by atoms with van der Waals surface area (Å²) in [6.45, 7) is 2.01. The number of nitrogens with zero attached hydrogens (tertiary/aromatic N) is 4. The average molecular weight is 511 g/mol. The number of aromatic nitrogens is 3. The Labute approximate surface area is 210 Å². The third kappa shape index (κ3) is 6.89. The Hall–Kier alpha value is -4.25. The highest BCUT2D eigenvalue weighted by atomic mass is 32.1. The smallest absolute Gasteiger partial charge is 0.406 e. The summed E-state index contributed by atoms with van der Waals surface area (Å²) in [6, 6.07) is 22.7. The number of rotatable bonds is 7. The van der Waals surface area contributed by atoms with E-state index in [-0.39, 0.29) is 11.8 Å². The van der Waals surface area contributed by atoms with E-state index in [1.165, 1.54) is 35.3 Å². The molecule has 4 aromatic rings. The number of hydrogen-bond donors (Lipinski definition) is 2. The number of ether oxygens (including phenoxy) is 1. The molecule has 7 nitrogen and oxygen atoms in total. The highest BCUT2D eigenvalue weighted by Gasteiger charge is 2.31. The van der Waals surface area contributed by atoms with Crippen LogP contribution < -0.4 is 15.5 Å². The van der Waals surface area contributed by atoms with Gasteiger partial charge >= 0.3 is 6.36 Å². The lowest BCUT2D eigenvalue weighted by atomic mass is 10.1. The van der Waals surface area contributed by atoms with Gasteiger partial charge in [-0.05, 0) is 54.5 Å². The van der Waals surface area contributed by atoms with Crippen LogP contribution in [0, 0.1) is 0 Å². The fraction of sp³-hybridized carbons (Fsp3) is 0.120. The Bertz CT molecular complexity index is 1320. The van der Waals surface area contributed by atoms with Crippen molar-refractivity contribution in [2.45, 2.75) is 19.3 Å². The fourth-order valence-corrected chi connectivity index (χ4v) is 3.49. The molecule has 36 heavy (non-hydrogen) atoms. The quantitative estimate of drug-likeness (QED) is 0.197. The zero-order chi connectivity index (χ0) is 25.5. The molecule has 1 atom stereocenters. The van der Waals surface area contributed by atoms with Crippen LogP contribution in [0.4, 0.5) is 13.2 Å². The van der Waals surface area contributed by atoms with Gasteiger partial charge in [-0.15, -0.1) is 18.3 Å². The summed E-state index contributed by atoms with van der Waals surface area (Å²) in [7, 11) is 0. The fourth-order valence-electron chi connectivity index (χ4n) is 3.26. The normalized spacial score (nSPS) is 12.3. The minimum Gasteiger partial charge on any atom is -0.406 e. The zero-order valence-corrected chi connectivity index (χ0v) is 19.8. The molecule has 0 fully saturated rings. The first kappa shape index (κ1) is 24.9. The minimum atomic E-state index is -4.74. The predicted octanol–water partition coefficient (Wildman–Crippen LogP) is 5.39. The highest BCUT2D eigenvalue weighted by Crippen LogP contribution is 2.24. The van der Waals surface area contributed by atoms with Crippen LogP contribution in [0.25, 0.3) is 17.1 Å². The van der Waals surface area contributed by atoms with Crippen LogP contribution in [-0.4, -0.2) is 32.5 Å². The van der Waals surface area contributed by atoms with Crippen LogP contribution in [0.1, 0.15) is 24.1 Å². The SMILES string of the molecule is CC(NC(=S)NN=Cc1ccc(-c2ncn(-c3ccc(OC(F)(F)F)cc3)n2)cc1)c1ccccc1. The number of hydrogen-bond acceptors (Lipinski definition) is 5. The van der Waals surface area contributed by atoms with Gasteiger partial charge in [0.15, 0.2) is 10.9 Å².